The highest BCUT2D eigenvalue weighted by atomic mass is 33.1. The van der Waals surface area contributed by atoms with Gasteiger partial charge in [0.2, 0.25) is 0 Å². The van der Waals surface area contributed by atoms with Crippen LogP contribution in [0.15, 0.2) is 31.3 Å². The van der Waals surface area contributed by atoms with Gasteiger partial charge in [0.25, 0.3) is 0 Å². The normalized spacial score (nSPS) is 10.6. The van der Waals surface area contributed by atoms with Gasteiger partial charge in [-0.15, -0.1) is 22.7 Å². The van der Waals surface area contributed by atoms with Gasteiger partial charge in [-0.2, -0.15) is 0 Å². The second-order valence-electron chi connectivity index (χ2n) is 2.49. The molecule has 0 unspecified atom stereocenters. The minimum atomic E-state index is 0.850. The lowest BCUT2D eigenvalue weighted by molar-refractivity contribution is 1.69. The molecule has 14 heavy (non-hydrogen) atoms. The summed E-state index contributed by atoms with van der Waals surface area (Å²) in [5.41, 5.74) is 13.2. The number of rotatable bonds is 3. The lowest BCUT2D eigenvalue weighted by atomic mass is 10.6. The fourth-order valence-electron chi connectivity index (χ4n) is 0.822. The Labute approximate surface area is 98.1 Å². The van der Waals surface area contributed by atoms with E-state index in [9.17, 15) is 0 Å². The summed E-state index contributed by atoms with van der Waals surface area (Å²) in [4.78, 5) is 0. The van der Waals surface area contributed by atoms with E-state index < -0.39 is 0 Å². The van der Waals surface area contributed by atoms with Crippen LogP contribution in [0.25, 0.3) is 0 Å². The highest BCUT2D eigenvalue weighted by Crippen LogP contribution is 2.46. The van der Waals surface area contributed by atoms with Crippen molar-refractivity contribution >= 4 is 55.6 Å². The monoisotopic (exact) mass is 260 g/mol. The van der Waals surface area contributed by atoms with Gasteiger partial charge in [0.05, 0.1) is 19.8 Å². The zero-order valence-corrected chi connectivity index (χ0v) is 10.4. The molecule has 2 heterocycles. The molecule has 0 saturated heterocycles. The molecule has 0 aliphatic carbocycles. The minimum absolute atomic E-state index is 0.850. The molecule has 2 aromatic rings. The number of nitrogen functional groups attached to an aromatic ring is 2. The van der Waals surface area contributed by atoms with Crippen LogP contribution in [0.2, 0.25) is 0 Å². The van der Waals surface area contributed by atoms with Crippen LogP contribution in [-0.2, 0) is 0 Å². The quantitative estimate of drug-likeness (QED) is 0.825. The van der Waals surface area contributed by atoms with Crippen LogP contribution >= 0.6 is 44.3 Å². The Balaban J connectivity index is 2.02. The molecule has 0 radical (unpaired) electrons. The summed E-state index contributed by atoms with van der Waals surface area (Å²) in [6.45, 7) is 0. The summed E-state index contributed by atoms with van der Waals surface area (Å²) >= 11 is 3.32. The van der Waals surface area contributed by atoms with Crippen LogP contribution in [0.5, 0.6) is 0 Å². The molecular formula is C8H8N2S4. The molecule has 0 amide bonds. The average Bonchev–Trinajstić information content (AvgIpc) is 2.72. The molecule has 0 saturated carbocycles. The Kier molecular flexibility index (Phi) is 3.27. The molecule has 4 N–H and O–H groups in total. The first-order chi connectivity index (χ1) is 6.77. The van der Waals surface area contributed by atoms with Gasteiger partial charge in [0.15, 0.2) is 0 Å². The summed E-state index contributed by atoms with van der Waals surface area (Å²) in [5.74, 6) is 0. The Morgan fingerprint density at radius 3 is 1.57 bits per heavy atom. The summed E-state index contributed by atoms with van der Waals surface area (Å²) in [7, 11) is 3.33. The summed E-state index contributed by atoms with van der Waals surface area (Å²) in [5, 5.41) is 3.99. The second kappa shape index (κ2) is 4.48. The standard InChI is InChI=1S/C8H8N2S4/c9-5-1-3-11-7(5)13-14-8-6(10)2-4-12-8/h1-4H,9-10H2. The van der Waals surface area contributed by atoms with Crippen molar-refractivity contribution in [3.05, 3.63) is 22.9 Å². The van der Waals surface area contributed by atoms with Crippen molar-refractivity contribution in [2.45, 2.75) is 8.42 Å². The van der Waals surface area contributed by atoms with Gasteiger partial charge in [0.1, 0.15) is 0 Å². The van der Waals surface area contributed by atoms with E-state index in [1.165, 1.54) is 0 Å². The third-order valence-corrected chi connectivity index (χ3v) is 6.77. The molecule has 0 aliphatic rings. The summed E-state index contributed by atoms with van der Waals surface area (Å²) < 4.78 is 2.28. The van der Waals surface area contributed by atoms with E-state index in [0.29, 0.717) is 0 Å². The third kappa shape index (κ3) is 2.20. The summed E-state index contributed by atoms with van der Waals surface area (Å²) in [6, 6.07) is 3.84. The number of anilines is 2. The average molecular weight is 260 g/mol. The molecule has 0 spiro atoms. The zero-order valence-electron chi connectivity index (χ0n) is 7.10. The Bertz CT molecular complexity index is 380. The van der Waals surface area contributed by atoms with E-state index in [1.807, 2.05) is 22.9 Å². The highest BCUT2D eigenvalue weighted by Gasteiger charge is 2.06. The van der Waals surface area contributed by atoms with E-state index in [2.05, 4.69) is 0 Å². The fourth-order valence-corrected chi connectivity index (χ4v) is 5.38. The Hall–Kier alpha value is -0.300. The molecule has 6 heteroatoms. The molecule has 2 aromatic heterocycles. The van der Waals surface area contributed by atoms with Crippen LogP contribution in [0.3, 0.4) is 0 Å². The first-order valence-corrected chi connectivity index (χ1v) is 7.69. The maximum Gasteiger partial charge on any atom is 0.0939 e. The van der Waals surface area contributed by atoms with Crippen LogP contribution in [0.1, 0.15) is 0 Å². The minimum Gasteiger partial charge on any atom is -0.397 e. The maximum atomic E-state index is 5.77. The SMILES string of the molecule is Nc1ccsc1SSc1sccc1N. The summed E-state index contributed by atoms with van der Waals surface area (Å²) in [6.07, 6.45) is 0. The number of nitrogens with two attached hydrogens (primary N) is 2. The number of thiophene rings is 2. The fraction of sp³-hybridized carbons (Fsp3) is 0. The molecule has 0 aliphatic heterocycles. The Morgan fingerprint density at radius 2 is 1.29 bits per heavy atom. The van der Waals surface area contributed by atoms with Crippen molar-refractivity contribution in [3.63, 3.8) is 0 Å². The molecule has 0 atom stereocenters. The number of hydrogen-bond acceptors (Lipinski definition) is 6. The largest absolute Gasteiger partial charge is 0.397 e. The van der Waals surface area contributed by atoms with E-state index in [-0.39, 0.29) is 0 Å². The van der Waals surface area contributed by atoms with Crippen molar-refractivity contribution in [2.75, 3.05) is 11.5 Å². The Morgan fingerprint density at radius 1 is 0.857 bits per heavy atom. The van der Waals surface area contributed by atoms with Crippen molar-refractivity contribution in [1.82, 2.24) is 0 Å². The van der Waals surface area contributed by atoms with Crippen molar-refractivity contribution < 1.29 is 0 Å². The van der Waals surface area contributed by atoms with Gasteiger partial charge in [-0.3, -0.25) is 0 Å². The highest BCUT2D eigenvalue weighted by molar-refractivity contribution is 8.77. The molecule has 0 fully saturated rings. The molecule has 74 valence electrons. The van der Waals surface area contributed by atoms with Gasteiger partial charge in [0, 0.05) is 0 Å². The van der Waals surface area contributed by atoms with Crippen molar-refractivity contribution in [3.8, 4) is 0 Å². The maximum absolute atomic E-state index is 5.77. The van der Waals surface area contributed by atoms with E-state index in [0.717, 1.165) is 19.8 Å². The van der Waals surface area contributed by atoms with Gasteiger partial charge in [-0.1, -0.05) is 0 Å². The van der Waals surface area contributed by atoms with Gasteiger partial charge in [-0.05, 0) is 44.5 Å². The molecule has 2 nitrogen and oxygen atoms in total. The van der Waals surface area contributed by atoms with Crippen molar-refractivity contribution in [2.24, 2.45) is 0 Å². The molecular weight excluding hydrogens is 252 g/mol. The van der Waals surface area contributed by atoms with E-state index >= 15 is 0 Å². The first-order valence-electron chi connectivity index (χ1n) is 3.78. The van der Waals surface area contributed by atoms with Gasteiger partial charge >= 0.3 is 0 Å². The van der Waals surface area contributed by atoms with Gasteiger partial charge < -0.3 is 11.5 Å². The topological polar surface area (TPSA) is 52.0 Å². The third-order valence-electron chi connectivity index (χ3n) is 1.51. The van der Waals surface area contributed by atoms with Crippen LogP contribution in [-0.4, -0.2) is 0 Å². The first kappa shape index (κ1) is 10.2. The lowest BCUT2D eigenvalue weighted by Gasteiger charge is -1.97. The van der Waals surface area contributed by atoms with E-state index in [4.69, 9.17) is 11.5 Å². The van der Waals surface area contributed by atoms with E-state index in [1.54, 1.807) is 44.3 Å². The predicted molar refractivity (Wildman–Crippen MR) is 69.2 cm³/mol. The smallest absolute Gasteiger partial charge is 0.0939 e. The number of hydrogen-bond donors (Lipinski definition) is 2. The second-order valence-corrected chi connectivity index (χ2v) is 6.99. The molecule has 0 bridgehead atoms. The van der Waals surface area contributed by atoms with Crippen LogP contribution in [0.4, 0.5) is 11.4 Å². The lowest BCUT2D eigenvalue weighted by Crippen LogP contribution is -1.81. The van der Waals surface area contributed by atoms with Crippen LogP contribution < -0.4 is 11.5 Å². The van der Waals surface area contributed by atoms with Crippen LogP contribution in [0, 0.1) is 0 Å². The zero-order chi connectivity index (χ0) is 9.97. The van der Waals surface area contributed by atoms with Gasteiger partial charge in [-0.25, -0.2) is 0 Å². The molecule has 0 aromatic carbocycles. The predicted octanol–water partition coefficient (Wildman–Crippen LogP) is 3.77. The molecule has 2 rings (SSSR count). The van der Waals surface area contributed by atoms with Crippen molar-refractivity contribution in [1.29, 1.82) is 0 Å².